The van der Waals surface area contributed by atoms with E-state index in [0.29, 0.717) is 18.3 Å². The molecule has 0 radical (unpaired) electrons. The summed E-state index contributed by atoms with van der Waals surface area (Å²) >= 11 is 0. The lowest BCUT2D eigenvalue weighted by Crippen LogP contribution is -2.30. The van der Waals surface area contributed by atoms with Gasteiger partial charge in [0.25, 0.3) is 0 Å². The maximum absolute atomic E-state index is 12.0. The van der Waals surface area contributed by atoms with Gasteiger partial charge in [-0.2, -0.15) is 5.10 Å². The molecule has 0 saturated heterocycles. The monoisotopic (exact) mass is 304 g/mol. The first-order chi connectivity index (χ1) is 10.5. The minimum atomic E-state index is -0.259. The summed E-state index contributed by atoms with van der Waals surface area (Å²) < 4.78 is 3.72. The Morgan fingerprint density at radius 1 is 1.41 bits per heavy atom. The number of amides is 2. The summed E-state index contributed by atoms with van der Waals surface area (Å²) in [6, 6.07) is 1.61. The van der Waals surface area contributed by atoms with E-state index in [1.165, 1.54) is 0 Å². The zero-order chi connectivity index (χ0) is 16.1. The van der Waals surface area contributed by atoms with Crippen LogP contribution in [0.5, 0.6) is 0 Å². The summed E-state index contributed by atoms with van der Waals surface area (Å²) in [7, 11) is 1.81. The second kappa shape index (κ2) is 7.11. The van der Waals surface area contributed by atoms with E-state index in [4.69, 9.17) is 0 Å². The van der Waals surface area contributed by atoms with Gasteiger partial charge in [-0.05, 0) is 12.3 Å². The molecule has 0 aliphatic heterocycles. The molecule has 2 aromatic heterocycles. The molecule has 22 heavy (non-hydrogen) atoms. The molecular weight excluding hydrogens is 280 g/mol. The van der Waals surface area contributed by atoms with Crippen molar-refractivity contribution in [2.45, 2.75) is 40.3 Å². The third-order valence-electron chi connectivity index (χ3n) is 3.30. The number of carbonyl (C=O) groups is 1. The van der Waals surface area contributed by atoms with Crippen molar-refractivity contribution in [3.8, 4) is 0 Å². The zero-order valence-corrected chi connectivity index (χ0v) is 13.6. The number of carbonyl (C=O) groups excluding carboxylic acids is 1. The highest BCUT2D eigenvalue weighted by Crippen LogP contribution is 2.09. The van der Waals surface area contributed by atoms with Crippen LogP contribution in [0.3, 0.4) is 0 Å². The average Bonchev–Trinajstić information content (AvgIpc) is 3.03. The number of rotatable bonds is 6. The molecule has 0 aromatic carbocycles. The van der Waals surface area contributed by atoms with Crippen molar-refractivity contribution in [2.75, 3.05) is 5.32 Å². The van der Waals surface area contributed by atoms with Gasteiger partial charge < -0.3 is 9.88 Å². The van der Waals surface area contributed by atoms with E-state index in [2.05, 4.69) is 39.1 Å². The predicted octanol–water partition coefficient (Wildman–Crippen LogP) is 2.16. The van der Waals surface area contributed by atoms with Crippen LogP contribution in [0.2, 0.25) is 0 Å². The minimum absolute atomic E-state index is 0.259. The van der Waals surface area contributed by atoms with Crippen LogP contribution >= 0.6 is 0 Å². The van der Waals surface area contributed by atoms with Gasteiger partial charge in [-0.1, -0.05) is 20.8 Å². The Hall–Kier alpha value is -2.31. The summed E-state index contributed by atoms with van der Waals surface area (Å²) in [6.45, 7) is 7.61. The molecule has 2 heterocycles. The Morgan fingerprint density at radius 2 is 2.18 bits per heavy atom. The fraction of sp³-hybridized carbons (Fsp3) is 0.533. The molecule has 0 saturated carbocycles. The molecule has 7 heteroatoms. The number of aryl methyl sites for hydroxylation is 2. The van der Waals surface area contributed by atoms with Crippen molar-refractivity contribution in [3.05, 3.63) is 30.0 Å². The maximum Gasteiger partial charge on any atom is 0.320 e. The molecular formula is C15H24N6O. The predicted molar refractivity (Wildman–Crippen MR) is 85.5 cm³/mol. The summed E-state index contributed by atoms with van der Waals surface area (Å²) in [5, 5.41) is 9.92. The smallest absolute Gasteiger partial charge is 0.320 e. The van der Waals surface area contributed by atoms with Crippen molar-refractivity contribution >= 4 is 11.8 Å². The van der Waals surface area contributed by atoms with Crippen LogP contribution in [-0.4, -0.2) is 25.4 Å². The number of urea groups is 1. The quantitative estimate of drug-likeness (QED) is 0.858. The third-order valence-corrected chi connectivity index (χ3v) is 3.30. The Bertz CT molecular complexity index is 628. The standard InChI is InChI=1S/C15H24N6O/c1-5-12-8-13(20(4)19-12)18-15(22)17-9-14-16-6-7-21(14)10-11(2)3/h6-8,11H,5,9-10H2,1-4H3,(H2,17,18,22). The van der Waals surface area contributed by atoms with Crippen LogP contribution in [0.15, 0.2) is 18.5 Å². The Kier molecular flexibility index (Phi) is 5.19. The first kappa shape index (κ1) is 16.1. The van der Waals surface area contributed by atoms with Gasteiger partial charge in [-0.25, -0.2) is 9.78 Å². The summed E-state index contributed by atoms with van der Waals surface area (Å²) in [5.74, 6) is 2.06. The third kappa shape index (κ3) is 4.09. The fourth-order valence-corrected chi connectivity index (χ4v) is 2.20. The van der Waals surface area contributed by atoms with Gasteiger partial charge >= 0.3 is 6.03 Å². The first-order valence-corrected chi connectivity index (χ1v) is 7.57. The molecule has 2 N–H and O–H groups in total. The number of hydrogen-bond acceptors (Lipinski definition) is 3. The van der Waals surface area contributed by atoms with Gasteiger partial charge in [0.05, 0.1) is 12.2 Å². The maximum atomic E-state index is 12.0. The Morgan fingerprint density at radius 3 is 2.82 bits per heavy atom. The van der Waals surface area contributed by atoms with Crippen LogP contribution < -0.4 is 10.6 Å². The zero-order valence-electron chi connectivity index (χ0n) is 13.6. The summed E-state index contributed by atoms with van der Waals surface area (Å²) in [5.41, 5.74) is 0.949. The second-order valence-corrected chi connectivity index (χ2v) is 5.70. The molecule has 2 rings (SSSR count). The highest BCUT2D eigenvalue weighted by molar-refractivity contribution is 5.88. The number of anilines is 1. The largest absolute Gasteiger partial charge is 0.333 e. The van der Waals surface area contributed by atoms with E-state index in [0.717, 1.165) is 24.5 Å². The van der Waals surface area contributed by atoms with Crippen molar-refractivity contribution in [2.24, 2.45) is 13.0 Å². The SMILES string of the molecule is CCc1cc(NC(=O)NCc2nccn2CC(C)C)n(C)n1. The minimum Gasteiger partial charge on any atom is -0.333 e. The highest BCUT2D eigenvalue weighted by Gasteiger charge is 2.09. The summed E-state index contributed by atoms with van der Waals surface area (Å²) in [4.78, 5) is 16.3. The molecule has 0 aliphatic rings. The van der Waals surface area contributed by atoms with E-state index in [-0.39, 0.29) is 6.03 Å². The van der Waals surface area contributed by atoms with Crippen LogP contribution in [0, 0.1) is 5.92 Å². The fourth-order valence-electron chi connectivity index (χ4n) is 2.20. The molecule has 0 unspecified atom stereocenters. The molecule has 2 amide bonds. The van der Waals surface area contributed by atoms with Crippen LogP contribution in [0.1, 0.15) is 32.3 Å². The molecule has 0 spiro atoms. The first-order valence-electron chi connectivity index (χ1n) is 7.57. The van der Waals surface area contributed by atoms with E-state index in [1.807, 2.05) is 26.2 Å². The number of nitrogens with zero attached hydrogens (tertiary/aromatic N) is 4. The summed E-state index contributed by atoms with van der Waals surface area (Å²) in [6.07, 6.45) is 4.53. The molecule has 120 valence electrons. The van der Waals surface area contributed by atoms with E-state index in [9.17, 15) is 4.79 Å². The molecule has 0 fully saturated rings. The molecule has 0 aliphatic carbocycles. The molecule has 2 aromatic rings. The second-order valence-electron chi connectivity index (χ2n) is 5.70. The Balaban J connectivity index is 1.90. The lowest BCUT2D eigenvalue weighted by Gasteiger charge is -2.11. The van der Waals surface area contributed by atoms with Gasteiger partial charge in [0, 0.05) is 32.1 Å². The van der Waals surface area contributed by atoms with Gasteiger partial charge in [-0.3, -0.25) is 10.00 Å². The highest BCUT2D eigenvalue weighted by atomic mass is 16.2. The molecule has 0 bridgehead atoms. The van der Waals surface area contributed by atoms with Gasteiger partial charge in [0.2, 0.25) is 0 Å². The van der Waals surface area contributed by atoms with Crippen molar-refractivity contribution < 1.29 is 4.79 Å². The molecule has 0 atom stereocenters. The number of aromatic nitrogens is 4. The normalized spacial score (nSPS) is 11.0. The van der Waals surface area contributed by atoms with Gasteiger partial charge in [0.15, 0.2) is 0 Å². The number of imidazole rings is 1. The molecule has 7 nitrogen and oxygen atoms in total. The average molecular weight is 304 g/mol. The van der Waals surface area contributed by atoms with E-state index < -0.39 is 0 Å². The van der Waals surface area contributed by atoms with Gasteiger partial charge in [0.1, 0.15) is 11.6 Å². The van der Waals surface area contributed by atoms with Crippen molar-refractivity contribution in [3.63, 3.8) is 0 Å². The lowest BCUT2D eigenvalue weighted by molar-refractivity contribution is 0.251. The number of nitrogens with one attached hydrogen (secondary N) is 2. The van der Waals surface area contributed by atoms with Crippen LogP contribution in [0.25, 0.3) is 0 Å². The Labute approximate surface area is 130 Å². The van der Waals surface area contributed by atoms with Crippen LogP contribution in [-0.2, 0) is 26.6 Å². The van der Waals surface area contributed by atoms with Crippen molar-refractivity contribution in [1.82, 2.24) is 24.6 Å². The van der Waals surface area contributed by atoms with E-state index >= 15 is 0 Å². The van der Waals surface area contributed by atoms with Crippen LogP contribution in [0.4, 0.5) is 10.6 Å². The topological polar surface area (TPSA) is 76.8 Å². The van der Waals surface area contributed by atoms with Gasteiger partial charge in [-0.15, -0.1) is 0 Å². The lowest BCUT2D eigenvalue weighted by atomic mass is 10.2. The number of hydrogen-bond donors (Lipinski definition) is 2. The van der Waals surface area contributed by atoms with E-state index in [1.54, 1.807) is 10.9 Å². The van der Waals surface area contributed by atoms with Crippen molar-refractivity contribution in [1.29, 1.82) is 0 Å².